The fraction of sp³-hybridized carbons (Fsp3) is 0.235. The number of aryl methyl sites for hydroxylation is 1. The molecule has 0 bridgehead atoms. The highest BCUT2D eigenvalue weighted by atomic mass is 35.5. The molecule has 0 N–H and O–H groups in total. The van der Waals surface area contributed by atoms with Crippen molar-refractivity contribution in [2.45, 2.75) is 26.7 Å². The normalized spacial score (nSPS) is 11.9. The van der Waals surface area contributed by atoms with Crippen molar-refractivity contribution in [1.82, 2.24) is 9.38 Å². The van der Waals surface area contributed by atoms with Crippen LogP contribution < -0.4 is 0 Å². The molecule has 0 aliphatic rings. The third kappa shape index (κ3) is 3.23. The van der Waals surface area contributed by atoms with Crippen LogP contribution in [0.1, 0.15) is 31.0 Å². The fourth-order valence-corrected chi connectivity index (χ4v) is 2.63. The van der Waals surface area contributed by atoms with Crippen LogP contribution in [0.25, 0.3) is 5.65 Å². The van der Waals surface area contributed by atoms with Gasteiger partial charge in [-0.25, -0.2) is 4.98 Å². The summed E-state index contributed by atoms with van der Waals surface area (Å²) < 4.78 is 1.95. The zero-order valence-electron chi connectivity index (χ0n) is 13.1. The van der Waals surface area contributed by atoms with Crippen molar-refractivity contribution in [2.24, 2.45) is 10.2 Å². The van der Waals surface area contributed by atoms with Crippen LogP contribution in [-0.2, 0) is 0 Å². The SMILES string of the molecule is Cc1ccc2nc(C(C)C)c(N=Nc3cc(Cl)ccc3Cl)n2c1. The van der Waals surface area contributed by atoms with Gasteiger partial charge in [-0.1, -0.05) is 43.1 Å². The van der Waals surface area contributed by atoms with Crippen molar-refractivity contribution in [3.05, 3.63) is 57.8 Å². The summed E-state index contributed by atoms with van der Waals surface area (Å²) >= 11 is 12.1. The number of aromatic nitrogens is 2. The van der Waals surface area contributed by atoms with Crippen LogP contribution in [0.5, 0.6) is 0 Å². The number of halogens is 2. The van der Waals surface area contributed by atoms with E-state index in [0.29, 0.717) is 15.7 Å². The van der Waals surface area contributed by atoms with Crippen LogP contribution in [0, 0.1) is 6.92 Å². The van der Waals surface area contributed by atoms with Crippen LogP contribution in [0.4, 0.5) is 11.5 Å². The molecule has 0 radical (unpaired) electrons. The molecule has 0 saturated heterocycles. The molecule has 1 aromatic carbocycles. The van der Waals surface area contributed by atoms with E-state index in [2.05, 4.69) is 29.1 Å². The summed E-state index contributed by atoms with van der Waals surface area (Å²) in [6.07, 6.45) is 2.00. The second-order valence-electron chi connectivity index (χ2n) is 5.71. The summed E-state index contributed by atoms with van der Waals surface area (Å²) in [4.78, 5) is 4.66. The summed E-state index contributed by atoms with van der Waals surface area (Å²) in [7, 11) is 0. The van der Waals surface area contributed by atoms with Crippen LogP contribution in [0.2, 0.25) is 10.0 Å². The minimum absolute atomic E-state index is 0.235. The van der Waals surface area contributed by atoms with Crippen molar-refractivity contribution in [1.29, 1.82) is 0 Å². The maximum absolute atomic E-state index is 6.15. The summed E-state index contributed by atoms with van der Waals surface area (Å²) in [5.41, 5.74) is 3.42. The minimum atomic E-state index is 0.235. The van der Waals surface area contributed by atoms with E-state index in [9.17, 15) is 0 Å². The maximum Gasteiger partial charge on any atom is 0.183 e. The minimum Gasteiger partial charge on any atom is -0.283 e. The molecule has 0 spiro atoms. The van der Waals surface area contributed by atoms with E-state index in [0.717, 1.165) is 22.7 Å². The molecule has 118 valence electrons. The number of rotatable bonds is 3. The Bertz CT molecular complexity index is 897. The Hall–Kier alpha value is -1.91. The van der Waals surface area contributed by atoms with Gasteiger partial charge in [0.1, 0.15) is 11.3 Å². The molecule has 3 rings (SSSR count). The van der Waals surface area contributed by atoms with E-state index in [4.69, 9.17) is 23.2 Å². The van der Waals surface area contributed by atoms with Gasteiger partial charge in [-0.2, -0.15) is 0 Å². The molecule has 0 aliphatic carbocycles. The van der Waals surface area contributed by atoms with Gasteiger partial charge in [0.05, 0.1) is 10.7 Å². The first-order valence-electron chi connectivity index (χ1n) is 7.31. The third-order valence-electron chi connectivity index (χ3n) is 3.47. The highest BCUT2D eigenvalue weighted by Crippen LogP contribution is 2.32. The molecule has 23 heavy (non-hydrogen) atoms. The summed E-state index contributed by atoms with van der Waals surface area (Å²) in [5.74, 6) is 0.953. The van der Waals surface area contributed by atoms with Crippen LogP contribution in [-0.4, -0.2) is 9.38 Å². The summed E-state index contributed by atoms with van der Waals surface area (Å²) in [5, 5.41) is 9.77. The molecule has 4 nitrogen and oxygen atoms in total. The lowest BCUT2D eigenvalue weighted by Gasteiger charge is -2.03. The molecular formula is C17H16Cl2N4. The molecule has 0 fully saturated rings. The number of azo groups is 1. The lowest BCUT2D eigenvalue weighted by molar-refractivity contribution is 0.831. The lowest BCUT2D eigenvalue weighted by atomic mass is 10.1. The number of imidazole rings is 1. The zero-order valence-corrected chi connectivity index (χ0v) is 14.6. The van der Waals surface area contributed by atoms with E-state index < -0.39 is 0 Å². The average molecular weight is 347 g/mol. The van der Waals surface area contributed by atoms with E-state index in [-0.39, 0.29) is 5.92 Å². The Morgan fingerprint density at radius 2 is 1.87 bits per heavy atom. The molecule has 0 aliphatic heterocycles. The molecule has 0 atom stereocenters. The Morgan fingerprint density at radius 1 is 1.09 bits per heavy atom. The van der Waals surface area contributed by atoms with Gasteiger partial charge in [-0.3, -0.25) is 4.40 Å². The number of fused-ring (bicyclic) bond motifs is 1. The average Bonchev–Trinajstić information content (AvgIpc) is 2.86. The molecular weight excluding hydrogens is 331 g/mol. The van der Waals surface area contributed by atoms with E-state index >= 15 is 0 Å². The summed E-state index contributed by atoms with van der Waals surface area (Å²) in [6, 6.07) is 9.13. The van der Waals surface area contributed by atoms with Crippen molar-refractivity contribution >= 4 is 40.4 Å². The Labute approximate surface area is 144 Å². The molecule has 0 unspecified atom stereocenters. The second kappa shape index (κ2) is 6.30. The molecule has 6 heteroatoms. The number of hydrogen-bond acceptors (Lipinski definition) is 3. The Kier molecular flexibility index (Phi) is 4.37. The quantitative estimate of drug-likeness (QED) is 0.499. The highest BCUT2D eigenvalue weighted by Gasteiger charge is 2.15. The van der Waals surface area contributed by atoms with E-state index in [1.807, 2.05) is 29.7 Å². The van der Waals surface area contributed by atoms with E-state index in [1.54, 1.807) is 18.2 Å². The Balaban J connectivity index is 2.14. The predicted molar refractivity (Wildman–Crippen MR) is 94.7 cm³/mol. The number of benzene rings is 1. The monoisotopic (exact) mass is 346 g/mol. The zero-order chi connectivity index (χ0) is 16.6. The Morgan fingerprint density at radius 3 is 2.61 bits per heavy atom. The van der Waals surface area contributed by atoms with Crippen molar-refractivity contribution < 1.29 is 0 Å². The molecule has 0 saturated carbocycles. The predicted octanol–water partition coefficient (Wildman–Crippen LogP) is 6.49. The van der Waals surface area contributed by atoms with Crippen LogP contribution in [0.15, 0.2) is 46.8 Å². The number of hydrogen-bond donors (Lipinski definition) is 0. The topological polar surface area (TPSA) is 42.0 Å². The largest absolute Gasteiger partial charge is 0.283 e. The number of pyridine rings is 1. The molecule has 2 aromatic heterocycles. The number of nitrogens with zero attached hydrogens (tertiary/aromatic N) is 4. The standard InChI is InChI=1S/C17H16Cl2N4/c1-10(2)16-17(23-9-11(3)4-7-15(23)20-16)22-21-14-8-12(18)5-6-13(14)19/h4-10H,1-3H3. The fourth-order valence-electron chi connectivity index (χ4n) is 2.31. The van der Waals surface area contributed by atoms with Crippen LogP contribution in [0.3, 0.4) is 0 Å². The smallest absolute Gasteiger partial charge is 0.183 e. The first-order valence-corrected chi connectivity index (χ1v) is 8.06. The van der Waals surface area contributed by atoms with Gasteiger partial charge in [-0.15, -0.1) is 10.2 Å². The molecule has 2 heterocycles. The van der Waals surface area contributed by atoms with Gasteiger partial charge in [0.25, 0.3) is 0 Å². The summed E-state index contributed by atoms with van der Waals surface area (Å²) in [6.45, 7) is 6.20. The van der Waals surface area contributed by atoms with Gasteiger partial charge in [0.15, 0.2) is 5.82 Å². The first-order chi connectivity index (χ1) is 11.0. The van der Waals surface area contributed by atoms with E-state index in [1.165, 1.54) is 0 Å². The van der Waals surface area contributed by atoms with Crippen molar-refractivity contribution in [2.75, 3.05) is 0 Å². The van der Waals surface area contributed by atoms with Crippen LogP contribution >= 0.6 is 23.2 Å². The second-order valence-corrected chi connectivity index (χ2v) is 6.55. The van der Waals surface area contributed by atoms with Gasteiger partial charge in [0, 0.05) is 11.2 Å². The van der Waals surface area contributed by atoms with Crippen molar-refractivity contribution in [3.63, 3.8) is 0 Å². The van der Waals surface area contributed by atoms with Gasteiger partial charge >= 0.3 is 0 Å². The first kappa shape index (κ1) is 16.0. The highest BCUT2D eigenvalue weighted by molar-refractivity contribution is 6.35. The van der Waals surface area contributed by atoms with Gasteiger partial charge in [-0.05, 0) is 42.7 Å². The van der Waals surface area contributed by atoms with Gasteiger partial charge in [0.2, 0.25) is 0 Å². The third-order valence-corrected chi connectivity index (χ3v) is 4.03. The maximum atomic E-state index is 6.15. The molecule has 0 amide bonds. The molecule has 3 aromatic rings. The van der Waals surface area contributed by atoms with Gasteiger partial charge < -0.3 is 0 Å². The lowest BCUT2D eigenvalue weighted by Crippen LogP contribution is -1.88. The van der Waals surface area contributed by atoms with Crippen molar-refractivity contribution in [3.8, 4) is 0 Å².